The molecule has 120 valence electrons. The van der Waals surface area contributed by atoms with Crippen molar-refractivity contribution in [2.45, 2.75) is 38.8 Å². The summed E-state index contributed by atoms with van der Waals surface area (Å²) in [5.74, 6) is -0.378. The summed E-state index contributed by atoms with van der Waals surface area (Å²) in [6.45, 7) is 4.57. The fraction of sp³-hybridized carbons (Fsp3) is 0.529. The van der Waals surface area contributed by atoms with Gasteiger partial charge in [-0.3, -0.25) is 9.59 Å². The highest BCUT2D eigenvalue weighted by molar-refractivity contribution is 5.89. The van der Waals surface area contributed by atoms with Gasteiger partial charge in [-0.25, -0.2) is 0 Å². The van der Waals surface area contributed by atoms with Gasteiger partial charge in [0, 0.05) is 19.5 Å². The van der Waals surface area contributed by atoms with Crippen LogP contribution in [0.15, 0.2) is 30.3 Å². The first kappa shape index (κ1) is 16.5. The highest BCUT2D eigenvalue weighted by Gasteiger charge is 2.36. The molecule has 5 nitrogen and oxygen atoms in total. The van der Waals surface area contributed by atoms with Crippen LogP contribution in [0.5, 0.6) is 0 Å². The monoisotopic (exact) mass is 304 g/mol. The van der Waals surface area contributed by atoms with E-state index >= 15 is 0 Å². The molecule has 1 aliphatic rings. The van der Waals surface area contributed by atoms with Crippen molar-refractivity contribution in [3.8, 4) is 0 Å². The van der Waals surface area contributed by atoms with Crippen LogP contribution in [0.2, 0.25) is 0 Å². The molecule has 5 heteroatoms. The second-order valence-electron chi connectivity index (χ2n) is 5.96. The Morgan fingerprint density at radius 1 is 1.36 bits per heavy atom. The molecule has 1 heterocycles. The molecule has 3 atom stereocenters. The van der Waals surface area contributed by atoms with E-state index in [0.29, 0.717) is 19.5 Å². The van der Waals surface area contributed by atoms with Crippen molar-refractivity contribution in [3.63, 3.8) is 0 Å². The topological polar surface area (TPSA) is 69.6 Å². The van der Waals surface area contributed by atoms with Gasteiger partial charge in [0.1, 0.15) is 0 Å². The lowest BCUT2D eigenvalue weighted by atomic mass is 10.1. The van der Waals surface area contributed by atoms with E-state index in [2.05, 4.69) is 5.32 Å². The number of carbonyl (C=O) groups is 2. The Labute approximate surface area is 131 Å². The second-order valence-corrected chi connectivity index (χ2v) is 5.96. The summed E-state index contributed by atoms with van der Waals surface area (Å²) >= 11 is 0. The first-order valence-corrected chi connectivity index (χ1v) is 7.79. The van der Waals surface area contributed by atoms with Gasteiger partial charge in [0.15, 0.2) is 0 Å². The van der Waals surface area contributed by atoms with E-state index in [1.54, 1.807) is 11.8 Å². The summed E-state index contributed by atoms with van der Waals surface area (Å²) < 4.78 is 0. The number of rotatable bonds is 6. The highest BCUT2D eigenvalue weighted by atomic mass is 16.3. The van der Waals surface area contributed by atoms with Crippen molar-refractivity contribution in [3.05, 3.63) is 35.9 Å². The maximum absolute atomic E-state index is 12.2. The summed E-state index contributed by atoms with van der Waals surface area (Å²) in [6, 6.07) is 9.81. The predicted octanol–water partition coefficient (Wildman–Crippen LogP) is 1.48. The summed E-state index contributed by atoms with van der Waals surface area (Å²) in [5, 5.41) is 12.0. The predicted molar refractivity (Wildman–Crippen MR) is 84.0 cm³/mol. The van der Waals surface area contributed by atoms with E-state index < -0.39 is 6.10 Å². The van der Waals surface area contributed by atoms with Crippen LogP contribution in [-0.4, -0.2) is 41.0 Å². The number of hydrogen-bond donors (Lipinski definition) is 2. The number of hydrogen-bond acceptors (Lipinski definition) is 3. The third-order valence-corrected chi connectivity index (χ3v) is 4.14. The van der Waals surface area contributed by atoms with Gasteiger partial charge in [0.05, 0.1) is 18.1 Å². The van der Waals surface area contributed by atoms with Gasteiger partial charge in [-0.2, -0.15) is 0 Å². The van der Waals surface area contributed by atoms with Crippen molar-refractivity contribution in [2.75, 3.05) is 13.1 Å². The van der Waals surface area contributed by atoms with Gasteiger partial charge in [0.25, 0.3) is 0 Å². The normalized spacial score (nSPS) is 20.8. The quantitative estimate of drug-likeness (QED) is 0.836. The number of nitrogens with one attached hydrogen (secondary N) is 1. The third-order valence-electron chi connectivity index (χ3n) is 4.14. The van der Waals surface area contributed by atoms with Crippen molar-refractivity contribution in [1.82, 2.24) is 10.2 Å². The Morgan fingerprint density at radius 2 is 2.05 bits per heavy atom. The largest absolute Gasteiger partial charge is 0.393 e. The van der Waals surface area contributed by atoms with Crippen molar-refractivity contribution < 1.29 is 14.7 Å². The molecule has 0 bridgehead atoms. The summed E-state index contributed by atoms with van der Waals surface area (Å²) in [7, 11) is 0. The van der Waals surface area contributed by atoms with E-state index in [9.17, 15) is 14.7 Å². The second kappa shape index (κ2) is 7.40. The van der Waals surface area contributed by atoms with Gasteiger partial charge < -0.3 is 15.3 Å². The van der Waals surface area contributed by atoms with E-state index in [-0.39, 0.29) is 30.2 Å². The zero-order valence-corrected chi connectivity index (χ0v) is 13.2. The maximum Gasteiger partial charge on any atom is 0.225 e. The van der Waals surface area contributed by atoms with Gasteiger partial charge in [-0.1, -0.05) is 30.3 Å². The molecule has 0 radical (unpaired) electrons. The molecule has 2 rings (SSSR count). The van der Waals surface area contributed by atoms with Crippen molar-refractivity contribution in [1.29, 1.82) is 0 Å². The molecular formula is C17H24N2O3. The molecule has 1 fully saturated rings. The minimum Gasteiger partial charge on any atom is -0.393 e. The van der Waals surface area contributed by atoms with Crippen molar-refractivity contribution in [2.24, 2.45) is 5.92 Å². The number of aliphatic hydroxyl groups excluding tert-OH is 1. The Hall–Kier alpha value is -1.88. The molecule has 1 aliphatic heterocycles. The number of nitrogens with zero attached hydrogens (tertiary/aromatic N) is 1. The van der Waals surface area contributed by atoms with Crippen LogP contribution in [-0.2, 0) is 9.59 Å². The van der Waals surface area contributed by atoms with E-state index in [0.717, 1.165) is 5.56 Å². The molecule has 2 N–H and O–H groups in total. The van der Waals surface area contributed by atoms with Crippen LogP contribution in [0.1, 0.15) is 38.3 Å². The lowest BCUT2D eigenvalue weighted by Crippen LogP contribution is -2.35. The number of likely N-dealkylation sites (tertiary alicyclic amines) is 1. The Morgan fingerprint density at radius 3 is 2.68 bits per heavy atom. The van der Waals surface area contributed by atoms with E-state index in [1.807, 2.05) is 37.3 Å². The van der Waals surface area contributed by atoms with Gasteiger partial charge in [-0.15, -0.1) is 0 Å². The summed E-state index contributed by atoms with van der Waals surface area (Å²) in [4.78, 5) is 26.1. The molecule has 0 spiro atoms. The van der Waals surface area contributed by atoms with E-state index in [4.69, 9.17) is 0 Å². The highest BCUT2D eigenvalue weighted by Crippen LogP contribution is 2.28. The molecular weight excluding hydrogens is 280 g/mol. The first-order chi connectivity index (χ1) is 10.5. The van der Waals surface area contributed by atoms with Gasteiger partial charge in [-0.05, 0) is 25.8 Å². The van der Waals surface area contributed by atoms with Crippen LogP contribution in [0.25, 0.3) is 0 Å². The minimum absolute atomic E-state index is 0.0204. The van der Waals surface area contributed by atoms with Crippen LogP contribution in [0.3, 0.4) is 0 Å². The SMILES string of the molecule is CC(O)CCNC(=O)C1CC(=O)N(C(C)c2ccccc2)C1. The molecule has 0 aromatic heterocycles. The molecule has 22 heavy (non-hydrogen) atoms. The Kier molecular flexibility index (Phi) is 5.55. The zero-order valence-electron chi connectivity index (χ0n) is 13.2. The number of aliphatic hydroxyl groups is 1. The summed E-state index contributed by atoms with van der Waals surface area (Å²) in [6.07, 6.45) is 0.355. The number of benzene rings is 1. The zero-order chi connectivity index (χ0) is 16.1. The van der Waals surface area contributed by atoms with E-state index in [1.165, 1.54) is 0 Å². The maximum atomic E-state index is 12.2. The molecule has 0 aliphatic carbocycles. The average Bonchev–Trinajstić information content (AvgIpc) is 2.89. The summed E-state index contributed by atoms with van der Waals surface area (Å²) in [5.41, 5.74) is 1.08. The van der Waals surface area contributed by atoms with Gasteiger partial charge in [0.2, 0.25) is 11.8 Å². The molecule has 0 saturated carbocycles. The number of carbonyl (C=O) groups excluding carboxylic acids is 2. The lowest BCUT2D eigenvalue weighted by molar-refractivity contribution is -0.130. The smallest absolute Gasteiger partial charge is 0.225 e. The van der Waals surface area contributed by atoms with Crippen LogP contribution in [0.4, 0.5) is 0 Å². The molecule has 3 unspecified atom stereocenters. The fourth-order valence-electron chi connectivity index (χ4n) is 2.74. The first-order valence-electron chi connectivity index (χ1n) is 7.79. The fourth-order valence-corrected chi connectivity index (χ4v) is 2.74. The third kappa shape index (κ3) is 4.07. The molecule has 2 amide bonds. The molecule has 1 aromatic carbocycles. The Balaban J connectivity index is 1.91. The molecule has 1 saturated heterocycles. The standard InChI is InChI=1S/C17H24N2O3/c1-12(20)8-9-18-17(22)15-10-16(21)19(11-15)13(2)14-6-4-3-5-7-14/h3-7,12-13,15,20H,8-11H2,1-2H3,(H,18,22). The number of amides is 2. The Bertz CT molecular complexity index is 516. The average molecular weight is 304 g/mol. The van der Waals surface area contributed by atoms with Crippen molar-refractivity contribution >= 4 is 11.8 Å². The minimum atomic E-state index is -0.430. The van der Waals surface area contributed by atoms with Crippen LogP contribution < -0.4 is 5.32 Å². The lowest BCUT2D eigenvalue weighted by Gasteiger charge is -2.25. The van der Waals surface area contributed by atoms with Gasteiger partial charge >= 0.3 is 0 Å². The molecule has 1 aromatic rings. The van der Waals surface area contributed by atoms with Crippen LogP contribution in [0, 0.1) is 5.92 Å². The van der Waals surface area contributed by atoms with Crippen LogP contribution >= 0.6 is 0 Å².